The number of nitrogens with zero attached hydrogens (tertiary/aromatic N) is 2. The van der Waals surface area contributed by atoms with Gasteiger partial charge in [0.25, 0.3) is 0 Å². The molecule has 0 aliphatic heterocycles. The van der Waals surface area contributed by atoms with Gasteiger partial charge in [-0.05, 0) is 54.8 Å². The first-order valence-corrected chi connectivity index (χ1v) is 8.32. The number of nitrogens with one attached hydrogen (secondary N) is 1. The van der Waals surface area contributed by atoms with E-state index in [9.17, 15) is 9.50 Å². The Morgan fingerprint density at radius 1 is 1.16 bits per heavy atom. The summed E-state index contributed by atoms with van der Waals surface area (Å²) in [7, 11) is 0. The van der Waals surface area contributed by atoms with Gasteiger partial charge >= 0.3 is 0 Å². The molecule has 2 N–H and O–H groups in total. The summed E-state index contributed by atoms with van der Waals surface area (Å²) >= 11 is 0. The molecule has 0 aliphatic carbocycles. The van der Waals surface area contributed by atoms with Crippen molar-refractivity contribution in [3.63, 3.8) is 0 Å². The zero-order chi connectivity index (χ0) is 17.8. The Morgan fingerprint density at radius 3 is 2.68 bits per heavy atom. The summed E-state index contributed by atoms with van der Waals surface area (Å²) in [5, 5.41) is 18.1. The van der Waals surface area contributed by atoms with E-state index in [4.69, 9.17) is 0 Å². The van der Waals surface area contributed by atoms with Crippen LogP contribution in [0.3, 0.4) is 0 Å². The maximum Gasteiger partial charge on any atom is 0.123 e. The molecule has 130 valence electrons. The zero-order valence-corrected chi connectivity index (χ0v) is 14.4. The molecule has 3 aromatic rings. The second kappa shape index (κ2) is 7.59. The van der Waals surface area contributed by atoms with Crippen LogP contribution in [0.25, 0.3) is 5.69 Å². The van der Waals surface area contributed by atoms with Crippen LogP contribution in [-0.4, -0.2) is 21.4 Å². The SMILES string of the molecule is Cc1cc(F)ccc1C(O)CNC(C)c1ccccc1-n1cccn1. The van der Waals surface area contributed by atoms with Gasteiger partial charge in [-0.2, -0.15) is 5.10 Å². The van der Waals surface area contributed by atoms with Crippen molar-refractivity contribution in [3.8, 4) is 5.69 Å². The van der Waals surface area contributed by atoms with Crippen molar-refractivity contribution in [2.24, 2.45) is 0 Å². The van der Waals surface area contributed by atoms with Crippen molar-refractivity contribution in [1.82, 2.24) is 15.1 Å². The molecule has 0 aliphatic rings. The number of rotatable bonds is 6. The third kappa shape index (κ3) is 3.95. The van der Waals surface area contributed by atoms with Crippen LogP contribution in [0.4, 0.5) is 4.39 Å². The van der Waals surface area contributed by atoms with E-state index < -0.39 is 6.10 Å². The van der Waals surface area contributed by atoms with Gasteiger partial charge in [-0.25, -0.2) is 9.07 Å². The number of aromatic nitrogens is 2. The number of aliphatic hydroxyl groups excluding tert-OH is 1. The summed E-state index contributed by atoms with van der Waals surface area (Å²) in [4.78, 5) is 0. The predicted octanol–water partition coefficient (Wildman–Crippen LogP) is 3.70. The van der Waals surface area contributed by atoms with E-state index in [0.717, 1.165) is 22.4 Å². The standard InChI is InChI=1S/C20H22FN3O/c1-14-12-16(21)8-9-17(14)20(25)13-22-15(2)18-6-3-4-7-19(18)24-11-5-10-23-24/h3-12,15,20,22,25H,13H2,1-2H3. The Labute approximate surface area is 146 Å². The molecule has 25 heavy (non-hydrogen) atoms. The van der Waals surface area contributed by atoms with Crippen LogP contribution < -0.4 is 5.32 Å². The van der Waals surface area contributed by atoms with Gasteiger partial charge in [-0.15, -0.1) is 0 Å². The summed E-state index contributed by atoms with van der Waals surface area (Å²) < 4.78 is 15.0. The van der Waals surface area contributed by atoms with Crippen molar-refractivity contribution in [3.05, 3.63) is 83.4 Å². The number of hydrogen-bond acceptors (Lipinski definition) is 3. The average Bonchev–Trinajstić information content (AvgIpc) is 3.14. The van der Waals surface area contributed by atoms with Crippen molar-refractivity contribution in [2.75, 3.05) is 6.54 Å². The van der Waals surface area contributed by atoms with Gasteiger partial charge in [-0.3, -0.25) is 0 Å². The topological polar surface area (TPSA) is 50.1 Å². The van der Waals surface area contributed by atoms with Gasteiger partial charge < -0.3 is 10.4 Å². The molecule has 0 saturated carbocycles. The van der Waals surface area contributed by atoms with E-state index >= 15 is 0 Å². The fourth-order valence-electron chi connectivity index (χ4n) is 2.99. The van der Waals surface area contributed by atoms with Crippen LogP contribution >= 0.6 is 0 Å². The van der Waals surface area contributed by atoms with Crippen molar-refractivity contribution in [2.45, 2.75) is 26.0 Å². The molecular formula is C20H22FN3O. The second-order valence-electron chi connectivity index (χ2n) is 6.16. The predicted molar refractivity (Wildman–Crippen MR) is 96.1 cm³/mol. The normalized spacial score (nSPS) is 13.6. The minimum atomic E-state index is -0.695. The van der Waals surface area contributed by atoms with E-state index in [1.54, 1.807) is 19.2 Å². The van der Waals surface area contributed by atoms with Gasteiger partial charge in [0.1, 0.15) is 5.82 Å². The molecule has 1 aromatic heterocycles. The van der Waals surface area contributed by atoms with Crippen molar-refractivity contribution >= 4 is 0 Å². The molecule has 2 aromatic carbocycles. The number of aryl methyl sites for hydroxylation is 1. The number of halogens is 1. The number of para-hydroxylation sites is 1. The zero-order valence-electron chi connectivity index (χ0n) is 14.4. The van der Waals surface area contributed by atoms with E-state index in [0.29, 0.717) is 6.54 Å². The Bertz CT molecular complexity index is 833. The van der Waals surface area contributed by atoms with Crippen LogP contribution in [0.15, 0.2) is 60.9 Å². The van der Waals surface area contributed by atoms with Gasteiger partial charge in [0, 0.05) is 25.0 Å². The molecule has 0 spiro atoms. The second-order valence-corrected chi connectivity index (χ2v) is 6.16. The Hall–Kier alpha value is -2.50. The average molecular weight is 339 g/mol. The summed E-state index contributed by atoms with van der Waals surface area (Å²) in [5.41, 5.74) is 3.58. The van der Waals surface area contributed by atoms with Crippen LogP contribution in [0.5, 0.6) is 0 Å². The van der Waals surface area contributed by atoms with E-state index in [1.807, 2.05) is 48.1 Å². The lowest BCUT2D eigenvalue weighted by atomic mass is 10.0. The Morgan fingerprint density at radius 2 is 1.96 bits per heavy atom. The number of benzene rings is 2. The minimum Gasteiger partial charge on any atom is -0.387 e. The molecule has 3 rings (SSSR count). The highest BCUT2D eigenvalue weighted by Crippen LogP contribution is 2.23. The maximum atomic E-state index is 13.2. The molecule has 4 nitrogen and oxygen atoms in total. The third-order valence-electron chi connectivity index (χ3n) is 4.36. The molecule has 0 bridgehead atoms. The molecular weight excluding hydrogens is 317 g/mol. The highest BCUT2D eigenvalue weighted by Gasteiger charge is 2.15. The Kier molecular flexibility index (Phi) is 5.26. The number of aliphatic hydroxyl groups is 1. The summed E-state index contributed by atoms with van der Waals surface area (Å²) in [5.74, 6) is -0.289. The smallest absolute Gasteiger partial charge is 0.123 e. The van der Waals surface area contributed by atoms with Crippen molar-refractivity contribution in [1.29, 1.82) is 0 Å². The fraction of sp³-hybridized carbons (Fsp3) is 0.250. The largest absolute Gasteiger partial charge is 0.387 e. The van der Waals surface area contributed by atoms with Gasteiger partial charge in [0.05, 0.1) is 11.8 Å². The van der Waals surface area contributed by atoms with E-state index in [1.165, 1.54) is 12.1 Å². The summed E-state index contributed by atoms with van der Waals surface area (Å²) in [6, 6.07) is 14.4. The lowest BCUT2D eigenvalue weighted by molar-refractivity contribution is 0.170. The molecule has 0 amide bonds. The summed E-state index contributed by atoms with van der Waals surface area (Å²) in [6.07, 6.45) is 2.96. The number of hydrogen-bond donors (Lipinski definition) is 2. The maximum absolute atomic E-state index is 13.2. The quantitative estimate of drug-likeness (QED) is 0.720. The molecule has 1 heterocycles. The molecule has 2 unspecified atom stereocenters. The first kappa shape index (κ1) is 17.3. The molecule has 0 saturated heterocycles. The van der Waals surface area contributed by atoms with E-state index in [-0.39, 0.29) is 11.9 Å². The Balaban J connectivity index is 1.72. The first-order valence-electron chi connectivity index (χ1n) is 8.32. The third-order valence-corrected chi connectivity index (χ3v) is 4.36. The van der Waals surface area contributed by atoms with Gasteiger partial charge in [0.2, 0.25) is 0 Å². The highest BCUT2D eigenvalue weighted by atomic mass is 19.1. The molecule has 5 heteroatoms. The van der Waals surface area contributed by atoms with Crippen molar-refractivity contribution < 1.29 is 9.50 Å². The van der Waals surface area contributed by atoms with E-state index in [2.05, 4.69) is 10.4 Å². The van der Waals surface area contributed by atoms with Crippen LogP contribution in [-0.2, 0) is 0 Å². The minimum absolute atomic E-state index is 0.0239. The highest BCUT2D eigenvalue weighted by molar-refractivity contribution is 5.42. The van der Waals surface area contributed by atoms with Crippen LogP contribution in [0.1, 0.15) is 35.8 Å². The lowest BCUT2D eigenvalue weighted by Gasteiger charge is -2.21. The molecule has 2 atom stereocenters. The monoisotopic (exact) mass is 339 g/mol. The summed E-state index contributed by atoms with van der Waals surface area (Å²) in [6.45, 7) is 4.23. The van der Waals surface area contributed by atoms with Gasteiger partial charge in [0.15, 0.2) is 0 Å². The first-order chi connectivity index (χ1) is 12.1. The lowest BCUT2D eigenvalue weighted by Crippen LogP contribution is -2.26. The molecule has 0 fully saturated rings. The fourth-order valence-corrected chi connectivity index (χ4v) is 2.99. The van der Waals surface area contributed by atoms with Crippen LogP contribution in [0.2, 0.25) is 0 Å². The van der Waals surface area contributed by atoms with Crippen LogP contribution in [0, 0.1) is 12.7 Å². The molecule has 0 radical (unpaired) electrons. The van der Waals surface area contributed by atoms with Gasteiger partial charge in [-0.1, -0.05) is 24.3 Å².